The van der Waals surface area contributed by atoms with Gasteiger partial charge in [-0.1, -0.05) is 0 Å². The van der Waals surface area contributed by atoms with Crippen molar-refractivity contribution in [2.45, 2.75) is 0 Å². The Morgan fingerprint density at radius 3 is 1.36 bits per heavy atom. The van der Waals surface area contributed by atoms with Crippen molar-refractivity contribution in [2.75, 3.05) is 2.03 Å². The second kappa shape index (κ2) is 4.72. The molecule has 0 heterocycles. The molecule has 0 radical (unpaired) electrons. The zero-order valence-electron chi connectivity index (χ0n) is 7.80. The summed E-state index contributed by atoms with van der Waals surface area (Å²) in [5.41, 5.74) is 2.53. The summed E-state index contributed by atoms with van der Waals surface area (Å²) in [4.78, 5) is 0. The first-order valence-electron chi connectivity index (χ1n) is 4.53. The van der Waals surface area contributed by atoms with Crippen molar-refractivity contribution >= 4 is 11.4 Å². The molecule has 2 aromatic rings. The molecule has 14 heavy (non-hydrogen) atoms. The average Bonchev–Trinajstić information content (AvgIpc) is 2.30. The van der Waals surface area contributed by atoms with Crippen LogP contribution in [0, 0.1) is 0 Å². The molecule has 0 fully saturated rings. The summed E-state index contributed by atoms with van der Waals surface area (Å²) in [5, 5.41) is 0. The van der Waals surface area contributed by atoms with Crippen LogP contribution in [0.4, 0.5) is 11.4 Å². The second-order valence-corrected chi connectivity index (χ2v) is 4.31. The number of benzene rings is 2. The van der Waals surface area contributed by atoms with Crippen molar-refractivity contribution < 1.29 is 31.3 Å². The molecule has 0 aliphatic carbocycles. The molecular formula is C12H10NY. The maximum absolute atomic E-state index is 2.30. The van der Waals surface area contributed by atoms with Crippen LogP contribution < -0.4 is 2.03 Å². The fourth-order valence-electron chi connectivity index (χ4n) is 1.33. The quantitative estimate of drug-likeness (QED) is 0.798. The van der Waals surface area contributed by atoms with Gasteiger partial charge in [-0.25, -0.2) is 0 Å². The number of anilines is 2. The van der Waals surface area contributed by atoms with Gasteiger partial charge in [-0.05, 0) is 0 Å². The van der Waals surface area contributed by atoms with Gasteiger partial charge in [0.25, 0.3) is 0 Å². The van der Waals surface area contributed by atoms with Crippen molar-refractivity contribution in [1.29, 1.82) is 0 Å². The molecule has 0 saturated heterocycles. The predicted octanol–water partition coefficient (Wildman–Crippen LogP) is 3.29. The Labute approximate surface area is 105 Å². The van der Waals surface area contributed by atoms with E-state index in [1.165, 1.54) is 11.4 Å². The van der Waals surface area contributed by atoms with Crippen LogP contribution in [0.3, 0.4) is 0 Å². The molecule has 0 atom stereocenters. The molecule has 0 amide bonds. The third-order valence-corrected chi connectivity index (χ3v) is 3.53. The van der Waals surface area contributed by atoms with Crippen LogP contribution in [0.1, 0.15) is 0 Å². The van der Waals surface area contributed by atoms with E-state index in [0.29, 0.717) is 0 Å². The number of rotatable bonds is 2. The Balaban J connectivity index is 2.30. The van der Waals surface area contributed by atoms with E-state index < -0.39 is 0 Å². The van der Waals surface area contributed by atoms with Gasteiger partial charge in [-0.2, -0.15) is 0 Å². The minimum atomic E-state index is 1.07. The van der Waals surface area contributed by atoms with E-state index in [9.17, 15) is 0 Å². The summed E-state index contributed by atoms with van der Waals surface area (Å²) >= 11 is 1.07. The number of nitrogens with zero attached hydrogens (tertiary/aromatic N) is 1. The Hall–Kier alpha value is -0.656. The Morgan fingerprint density at radius 1 is 0.643 bits per heavy atom. The Morgan fingerprint density at radius 2 is 1.00 bits per heavy atom. The predicted molar refractivity (Wildman–Crippen MR) is 55.0 cm³/mol. The van der Waals surface area contributed by atoms with Crippen molar-refractivity contribution in [3.8, 4) is 0 Å². The van der Waals surface area contributed by atoms with Gasteiger partial charge in [0.2, 0.25) is 0 Å². The molecule has 2 aromatic carbocycles. The molecule has 0 aromatic heterocycles. The van der Waals surface area contributed by atoms with Crippen molar-refractivity contribution in [2.24, 2.45) is 0 Å². The summed E-state index contributed by atoms with van der Waals surface area (Å²) in [6, 6.07) is 20.9. The SMILES string of the molecule is [Y][N](c1ccccc1)c1ccccc1. The zero-order chi connectivity index (χ0) is 9.80. The van der Waals surface area contributed by atoms with E-state index in [1.807, 2.05) is 12.1 Å². The standard InChI is InChI=1S/C12H10N.Y/c1-3-7-11(8-4-1)13-12-9-5-2-6-10-12;/h1-10H;/q-1;+1. The van der Waals surface area contributed by atoms with Gasteiger partial charge in [0.15, 0.2) is 0 Å². The molecule has 0 N–H and O–H groups in total. The van der Waals surface area contributed by atoms with Gasteiger partial charge in [0.1, 0.15) is 0 Å². The monoisotopic (exact) mass is 257 g/mol. The van der Waals surface area contributed by atoms with Crippen LogP contribution in [0.2, 0.25) is 0 Å². The van der Waals surface area contributed by atoms with Gasteiger partial charge in [-0.3, -0.25) is 0 Å². The summed E-state index contributed by atoms with van der Waals surface area (Å²) in [6.07, 6.45) is 0. The van der Waals surface area contributed by atoms with Gasteiger partial charge < -0.3 is 0 Å². The van der Waals surface area contributed by atoms with Gasteiger partial charge >= 0.3 is 105 Å². The fraction of sp³-hybridized carbons (Fsp3) is 0. The average molecular weight is 257 g/mol. The van der Waals surface area contributed by atoms with Crippen LogP contribution in [0.15, 0.2) is 60.7 Å². The summed E-state index contributed by atoms with van der Waals surface area (Å²) < 4.78 is 2.30. The van der Waals surface area contributed by atoms with E-state index in [1.54, 1.807) is 0 Å². The minimum absolute atomic E-state index is 1.07. The second-order valence-electron chi connectivity index (χ2n) is 3.04. The summed E-state index contributed by atoms with van der Waals surface area (Å²) in [5.74, 6) is 0. The van der Waals surface area contributed by atoms with E-state index in [0.717, 1.165) is 31.3 Å². The Bertz CT molecular complexity index is 346. The van der Waals surface area contributed by atoms with E-state index in [-0.39, 0.29) is 0 Å². The van der Waals surface area contributed by atoms with E-state index >= 15 is 0 Å². The van der Waals surface area contributed by atoms with Gasteiger partial charge in [0, 0.05) is 0 Å². The molecule has 0 aliphatic rings. The molecule has 0 spiro atoms. The molecule has 66 valence electrons. The van der Waals surface area contributed by atoms with Crippen molar-refractivity contribution in [3.63, 3.8) is 0 Å². The first-order chi connectivity index (χ1) is 6.88. The van der Waals surface area contributed by atoms with E-state index in [2.05, 4.69) is 50.6 Å². The third-order valence-electron chi connectivity index (χ3n) is 2.07. The molecule has 2 rings (SSSR count). The first kappa shape index (κ1) is 9.88. The Kier molecular flexibility index (Phi) is 3.33. The first-order valence-corrected chi connectivity index (χ1v) is 5.80. The maximum atomic E-state index is 2.30. The van der Waals surface area contributed by atoms with Gasteiger partial charge in [-0.15, -0.1) is 0 Å². The summed E-state index contributed by atoms with van der Waals surface area (Å²) in [6.45, 7) is 0. The van der Waals surface area contributed by atoms with Crippen molar-refractivity contribution in [3.05, 3.63) is 60.7 Å². The topological polar surface area (TPSA) is 3.24 Å². The van der Waals surface area contributed by atoms with E-state index in [4.69, 9.17) is 0 Å². The molecule has 1 nitrogen and oxygen atoms in total. The van der Waals surface area contributed by atoms with Crippen LogP contribution in [-0.2, 0) is 31.3 Å². The molecule has 0 unspecified atom stereocenters. The van der Waals surface area contributed by atoms with Crippen molar-refractivity contribution in [1.82, 2.24) is 0 Å². The molecule has 0 aliphatic heterocycles. The van der Waals surface area contributed by atoms with Crippen LogP contribution in [0.5, 0.6) is 0 Å². The summed E-state index contributed by atoms with van der Waals surface area (Å²) in [7, 11) is 0. The number of hydrogen-bond acceptors (Lipinski definition) is 1. The van der Waals surface area contributed by atoms with Crippen LogP contribution in [0.25, 0.3) is 0 Å². The molecule has 0 saturated carbocycles. The van der Waals surface area contributed by atoms with Crippen LogP contribution in [-0.4, -0.2) is 0 Å². The third kappa shape index (κ3) is 2.23. The molecular weight excluding hydrogens is 247 g/mol. The number of hydrogen-bond donors (Lipinski definition) is 0. The molecule has 0 bridgehead atoms. The van der Waals surface area contributed by atoms with Gasteiger partial charge in [0.05, 0.1) is 0 Å². The normalized spacial score (nSPS) is 9.64. The fourth-order valence-corrected chi connectivity index (χ4v) is 2.17. The zero-order valence-corrected chi connectivity index (χ0v) is 10.6. The molecule has 2 heteroatoms. The number of para-hydroxylation sites is 2. The van der Waals surface area contributed by atoms with Crippen LogP contribution >= 0.6 is 0 Å².